The summed E-state index contributed by atoms with van der Waals surface area (Å²) in [6.07, 6.45) is 0.921. The Kier molecular flexibility index (Phi) is 3.75. The van der Waals surface area contributed by atoms with Crippen molar-refractivity contribution in [2.24, 2.45) is 0 Å². The Labute approximate surface area is 128 Å². The highest BCUT2D eigenvalue weighted by Gasteiger charge is 2.11. The molecule has 1 aromatic heterocycles. The predicted octanol–water partition coefficient (Wildman–Crippen LogP) is 3.52. The molecule has 0 atom stereocenters. The molecule has 4 heteroatoms. The van der Waals surface area contributed by atoms with Crippen molar-refractivity contribution in [3.05, 3.63) is 63.6 Å². The number of methoxy groups -OCH3 is 1. The number of aromatic nitrogens is 1. The lowest BCUT2D eigenvalue weighted by molar-refractivity contribution is 0.413. The number of fused-ring (bicyclic) bond motifs is 1. The lowest BCUT2D eigenvalue weighted by Gasteiger charge is -2.09. The van der Waals surface area contributed by atoms with Crippen molar-refractivity contribution in [3.8, 4) is 5.75 Å². The van der Waals surface area contributed by atoms with Crippen LogP contribution in [0.3, 0.4) is 0 Å². The first-order valence-electron chi connectivity index (χ1n) is 7.37. The molecular weight excluding hydrogens is 278 g/mol. The molecule has 0 aliphatic rings. The summed E-state index contributed by atoms with van der Waals surface area (Å²) in [5.41, 5.74) is 4.76. The van der Waals surface area contributed by atoms with E-state index in [1.54, 1.807) is 11.7 Å². The van der Waals surface area contributed by atoms with E-state index in [0.29, 0.717) is 12.1 Å². The fourth-order valence-corrected chi connectivity index (χ4v) is 2.65. The molecule has 22 heavy (non-hydrogen) atoms. The molecule has 0 N–H and O–H groups in total. The maximum Gasteiger partial charge on any atom is 0.420 e. The van der Waals surface area contributed by atoms with Crippen molar-refractivity contribution < 1.29 is 9.15 Å². The second-order valence-corrected chi connectivity index (χ2v) is 5.47. The topological polar surface area (TPSA) is 44.4 Å². The van der Waals surface area contributed by atoms with Gasteiger partial charge in [0, 0.05) is 0 Å². The van der Waals surface area contributed by atoms with Crippen LogP contribution in [0.4, 0.5) is 0 Å². The average Bonchev–Trinajstić information content (AvgIpc) is 2.82. The fourth-order valence-electron chi connectivity index (χ4n) is 2.65. The monoisotopic (exact) mass is 297 g/mol. The minimum atomic E-state index is -0.332. The standard InChI is InChI=1S/C18H19NO3/c1-4-13-8-14(10-15(9-13)21-3)11-19-16-7-12(2)5-6-17(16)22-18(19)20/h5-10H,4,11H2,1-3H3. The Bertz CT molecular complexity index is 851. The highest BCUT2D eigenvalue weighted by Crippen LogP contribution is 2.20. The molecule has 0 aliphatic heterocycles. The van der Waals surface area contributed by atoms with Crippen LogP contribution in [0.15, 0.2) is 45.6 Å². The van der Waals surface area contributed by atoms with Crippen LogP contribution < -0.4 is 10.5 Å². The largest absolute Gasteiger partial charge is 0.497 e. The van der Waals surface area contributed by atoms with Crippen molar-refractivity contribution in [3.63, 3.8) is 0 Å². The first-order chi connectivity index (χ1) is 10.6. The van der Waals surface area contributed by atoms with Gasteiger partial charge in [-0.05, 0) is 54.3 Å². The molecule has 0 fully saturated rings. The highest BCUT2D eigenvalue weighted by atomic mass is 16.5. The summed E-state index contributed by atoms with van der Waals surface area (Å²) in [5.74, 6) is 0.479. The Hall–Kier alpha value is -2.49. The fraction of sp³-hybridized carbons (Fsp3) is 0.278. The number of nitrogens with zero attached hydrogens (tertiary/aromatic N) is 1. The van der Waals surface area contributed by atoms with E-state index in [9.17, 15) is 4.79 Å². The van der Waals surface area contributed by atoms with Crippen LogP contribution in [0.2, 0.25) is 0 Å². The second kappa shape index (κ2) is 5.72. The van der Waals surface area contributed by atoms with Gasteiger partial charge in [0.15, 0.2) is 5.58 Å². The van der Waals surface area contributed by atoms with Gasteiger partial charge in [-0.25, -0.2) is 4.79 Å². The van der Waals surface area contributed by atoms with Crippen molar-refractivity contribution >= 4 is 11.1 Å². The molecule has 114 valence electrons. The number of rotatable bonds is 4. The Morgan fingerprint density at radius 3 is 2.64 bits per heavy atom. The first-order valence-corrected chi connectivity index (χ1v) is 7.37. The number of benzene rings is 2. The maximum absolute atomic E-state index is 12.1. The van der Waals surface area contributed by atoms with Gasteiger partial charge < -0.3 is 9.15 Å². The molecule has 3 rings (SSSR count). The van der Waals surface area contributed by atoms with E-state index in [-0.39, 0.29) is 5.76 Å². The van der Waals surface area contributed by atoms with Crippen LogP contribution in [-0.2, 0) is 13.0 Å². The molecule has 4 nitrogen and oxygen atoms in total. The van der Waals surface area contributed by atoms with E-state index in [4.69, 9.17) is 9.15 Å². The molecule has 0 saturated carbocycles. The van der Waals surface area contributed by atoms with E-state index in [0.717, 1.165) is 28.8 Å². The summed E-state index contributed by atoms with van der Waals surface area (Å²) in [5, 5.41) is 0. The number of hydrogen-bond acceptors (Lipinski definition) is 3. The lowest BCUT2D eigenvalue weighted by Crippen LogP contribution is -2.15. The van der Waals surface area contributed by atoms with E-state index in [1.807, 2.05) is 37.3 Å². The van der Waals surface area contributed by atoms with Crippen LogP contribution >= 0.6 is 0 Å². The minimum absolute atomic E-state index is 0.332. The molecule has 0 aliphatic carbocycles. The molecule has 0 bridgehead atoms. The van der Waals surface area contributed by atoms with Crippen molar-refractivity contribution in [2.45, 2.75) is 26.8 Å². The van der Waals surface area contributed by atoms with Crippen LogP contribution in [-0.4, -0.2) is 11.7 Å². The van der Waals surface area contributed by atoms with E-state index in [1.165, 1.54) is 5.56 Å². The van der Waals surface area contributed by atoms with E-state index in [2.05, 4.69) is 13.0 Å². The molecule has 0 unspecified atom stereocenters. The van der Waals surface area contributed by atoms with E-state index < -0.39 is 0 Å². The average molecular weight is 297 g/mol. The van der Waals surface area contributed by atoms with Gasteiger partial charge in [0.25, 0.3) is 0 Å². The highest BCUT2D eigenvalue weighted by molar-refractivity contribution is 5.73. The van der Waals surface area contributed by atoms with Gasteiger partial charge in [-0.3, -0.25) is 4.57 Å². The van der Waals surface area contributed by atoms with Crippen LogP contribution in [0.5, 0.6) is 5.75 Å². The van der Waals surface area contributed by atoms with Gasteiger partial charge in [0.2, 0.25) is 0 Å². The molecule has 1 heterocycles. The third-order valence-corrected chi connectivity index (χ3v) is 3.83. The smallest absolute Gasteiger partial charge is 0.420 e. The van der Waals surface area contributed by atoms with Crippen molar-refractivity contribution in [2.75, 3.05) is 7.11 Å². The third kappa shape index (κ3) is 2.64. The van der Waals surface area contributed by atoms with Crippen LogP contribution in [0, 0.1) is 6.92 Å². The van der Waals surface area contributed by atoms with Gasteiger partial charge in [-0.15, -0.1) is 0 Å². The quantitative estimate of drug-likeness (QED) is 0.740. The van der Waals surface area contributed by atoms with Crippen LogP contribution in [0.1, 0.15) is 23.6 Å². The second-order valence-electron chi connectivity index (χ2n) is 5.47. The third-order valence-electron chi connectivity index (χ3n) is 3.83. The van der Waals surface area contributed by atoms with Gasteiger partial charge in [-0.2, -0.15) is 0 Å². The van der Waals surface area contributed by atoms with Gasteiger partial charge in [0.05, 0.1) is 19.2 Å². The van der Waals surface area contributed by atoms with Crippen molar-refractivity contribution in [1.82, 2.24) is 4.57 Å². The summed E-state index contributed by atoms with van der Waals surface area (Å²) >= 11 is 0. The Balaban J connectivity index is 2.08. The summed E-state index contributed by atoms with van der Waals surface area (Å²) in [6, 6.07) is 11.8. The zero-order chi connectivity index (χ0) is 15.7. The molecule has 3 aromatic rings. The van der Waals surface area contributed by atoms with Gasteiger partial charge in [0.1, 0.15) is 5.75 Å². The van der Waals surface area contributed by atoms with Crippen LogP contribution in [0.25, 0.3) is 11.1 Å². The first kappa shape index (κ1) is 14.4. The Morgan fingerprint density at radius 1 is 1.14 bits per heavy atom. The molecule has 0 radical (unpaired) electrons. The zero-order valence-corrected chi connectivity index (χ0v) is 13.1. The molecule has 0 saturated heterocycles. The number of oxazole rings is 1. The molecule has 0 spiro atoms. The van der Waals surface area contributed by atoms with Gasteiger partial charge >= 0.3 is 5.76 Å². The normalized spacial score (nSPS) is 11.0. The zero-order valence-electron chi connectivity index (χ0n) is 13.1. The number of ether oxygens (including phenoxy) is 1. The molecular formula is C18H19NO3. The summed E-state index contributed by atoms with van der Waals surface area (Å²) in [4.78, 5) is 12.1. The SMILES string of the molecule is CCc1cc(Cn2c(=O)oc3ccc(C)cc32)cc(OC)c1. The predicted molar refractivity (Wildman–Crippen MR) is 86.7 cm³/mol. The minimum Gasteiger partial charge on any atom is -0.497 e. The molecule has 2 aromatic carbocycles. The summed E-state index contributed by atoms with van der Waals surface area (Å²) in [7, 11) is 1.65. The number of aryl methyl sites for hydroxylation is 2. The summed E-state index contributed by atoms with van der Waals surface area (Å²) < 4.78 is 12.3. The van der Waals surface area contributed by atoms with E-state index >= 15 is 0 Å². The summed E-state index contributed by atoms with van der Waals surface area (Å²) in [6.45, 7) is 4.57. The van der Waals surface area contributed by atoms with Crippen molar-refractivity contribution in [1.29, 1.82) is 0 Å². The van der Waals surface area contributed by atoms with Gasteiger partial charge in [-0.1, -0.05) is 19.1 Å². The Morgan fingerprint density at radius 2 is 1.91 bits per heavy atom. The lowest BCUT2D eigenvalue weighted by atomic mass is 10.1. The number of hydrogen-bond donors (Lipinski definition) is 0. The maximum atomic E-state index is 12.1. The molecule has 0 amide bonds.